The van der Waals surface area contributed by atoms with E-state index in [2.05, 4.69) is 11.6 Å². The van der Waals surface area contributed by atoms with Gasteiger partial charge in [-0.25, -0.2) is 0 Å². The lowest BCUT2D eigenvalue weighted by Crippen LogP contribution is -2.51. The zero-order valence-corrected chi connectivity index (χ0v) is 12.9. The van der Waals surface area contributed by atoms with Crippen molar-refractivity contribution in [3.8, 4) is 0 Å². The molecule has 0 aromatic carbocycles. The van der Waals surface area contributed by atoms with Crippen LogP contribution in [-0.2, 0) is 5.41 Å². The van der Waals surface area contributed by atoms with E-state index in [1.165, 1.54) is 0 Å². The SMILES string of the molecule is C=CC1(c2cncc(Cl)c2)CC2CCC(C1)N2CC(F)(F)F. The summed E-state index contributed by atoms with van der Waals surface area (Å²) in [6.07, 6.45) is 3.95. The summed E-state index contributed by atoms with van der Waals surface area (Å²) in [5.41, 5.74) is 0.629. The van der Waals surface area contributed by atoms with Gasteiger partial charge >= 0.3 is 6.18 Å². The van der Waals surface area contributed by atoms with Crippen LogP contribution in [0.2, 0.25) is 5.02 Å². The number of aromatic nitrogens is 1. The number of hydrogen-bond acceptors (Lipinski definition) is 2. The number of allylic oxidation sites excluding steroid dienone is 1. The van der Waals surface area contributed by atoms with Crippen molar-refractivity contribution in [1.82, 2.24) is 9.88 Å². The Morgan fingerprint density at radius 3 is 2.45 bits per heavy atom. The molecule has 2 atom stereocenters. The number of piperidine rings is 1. The van der Waals surface area contributed by atoms with Crippen molar-refractivity contribution in [2.45, 2.75) is 49.4 Å². The third kappa shape index (κ3) is 2.88. The highest BCUT2D eigenvalue weighted by Crippen LogP contribution is 2.48. The molecule has 22 heavy (non-hydrogen) atoms. The highest BCUT2D eigenvalue weighted by atomic mass is 35.5. The van der Waals surface area contributed by atoms with Gasteiger partial charge in [-0.1, -0.05) is 17.7 Å². The average Bonchev–Trinajstić information content (AvgIpc) is 2.69. The summed E-state index contributed by atoms with van der Waals surface area (Å²) in [5.74, 6) is 0. The number of pyridine rings is 1. The van der Waals surface area contributed by atoms with E-state index in [4.69, 9.17) is 11.6 Å². The predicted octanol–water partition coefficient (Wildman–Crippen LogP) is 4.35. The van der Waals surface area contributed by atoms with Crippen molar-refractivity contribution in [3.63, 3.8) is 0 Å². The van der Waals surface area contributed by atoms with Crippen LogP contribution in [0.3, 0.4) is 0 Å². The molecule has 2 fully saturated rings. The fourth-order valence-corrected chi connectivity index (χ4v) is 4.22. The van der Waals surface area contributed by atoms with Gasteiger partial charge in [0.25, 0.3) is 0 Å². The van der Waals surface area contributed by atoms with Gasteiger partial charge in [-0.05, 0) is 37.3 Å². The van der Waals surface area contributed by atoms with E-state index in [1.54, 1.807) is 17.3 Å². The fourth-order valence-electron chi connectivity index (χ4n) is 4.05. The van der Waals surface area contributed by atoms with Crippen LogP contribution in [0.1, 0.15) is 31.2 Å². The maximum atomic E-state index is 12.8. The Hall–Kier alpha value is -1.07. The van der Waals surface area contributed by atoms with Crippen LogP contribution in [0.5, 0.6) is 0 Å². The van der Waals surface area contributed by atoms with Crippen LogP contribution in [0.15, 0.2) is 31.1 Å². The van der Waals surface area contributed by atoms with E-state index in [0.717, 1.165) is 18.4 Å². The molecular formula is C16H18ClF3N2. The average molecular weight is 331 g/mol. The molecule has 0 amide bonds. The van der Waals surface area contributed by atoms with Gasteiger partial charge in [0.15, 0.2) is 0 Å². The first-order valence-corrected chi connectivity index (χ1v) is 7.78. The molecule has 2 unspecified atom stereocenters. The molecule has 1 aromatic heterocycles. The third-order valence-electron chi connectivity index (χ3n) is 5.00. The second kappa shape index (κ2) is 5.53. The van der Waals surface area contributed by atoms with E-state index in [0.29, 0.717) is 17.9 Å². The Morgan fingerprint density at radius 2 is 1.95 bits per heavy atom. The maximum absolute atomic E-state index is 12.8. The number of hydrogen-bond donors (Lipinski definition) is 0. The Balaban J connectivity index is 1.88. The molecule has 2 saturated heterocycles. The highest BCUT2D eigenvalue weighted by Gasteiger charge is 2.50. The summed E-state index contributed by atoms with van der Waals surface area (Å²) in [5, 5.41) is 0.545. The molecule has 0 aliphatic carbocycles. The topological polar surface area (TPSA) is 16.1 Å². The number of halogens is 4. The summed E-state index contributed by atoms with van der Waals surface area (Å²) in [4.78, 5) is 5.75. The van der Waals surface area contributed by atoms with Crippen molar-refractivity contribution in [3.05, 3.63) is 41.7 Å². The van der Waals surface area contributed by atoms with Crippen LogP contribution < -0.4 is 0 Å². The Labute approximate surface area is 133 Å². The van der Waals surface area contributed by atoms with Gasteiger partial charge in [-0.3, -0.25) is 9.88 Å². The molecule has 0 radical (unpaired) electrons. The molecule has 1 aromatic rings. The second-order valence-electron chi connectivity index (χ2n) is 6.33. The van der Waals surface area contributed by atoms with Gasteiger partial charge in [0.2, 0.25) is 0 Å². The standard InChI is InChI=1S/C16H18ClF3N2/c1-2-15(11-5-12(17)9-21-8-11)6-13-3-4-14(7-15)22(13)10-16(18,19)20/h2,5,8-9,13-14H,1,3-4,6-7,10H2. The minimum absolute atomic E-state index is 0.0580. The Kier molecular flexibility index (Phi) is 3.98. The molecule has 2 bridgehead atoms. The first kappa shape index (κ1) is 15.8. The maximum Gasteiger partial charge on any atom is 0.401 e. The van der Waals surface area contributed by atoms with Gasteiger partial charge in [0.1, 0.15) is 0 Å². The largest absolute Gasteiger partial charge is 0.401 e. The van der Waals surface area contributed by atoms with Crippen molar-refractivity contribution in [2.24, 2.45) is 0 Å². The van der Waals surface area contributed by atoms with Crippen LogP contribution in [-0.4, -0.2) is 34.7 Å². The van der Waals surface area contributed by atoms with E-state index in [1.807, 2.05) is 12.1 Å². The lowest BCUT2D eigenvalue weighted by Gasteiger charge is -2.45. The molecular weight excluding hydrogens is 313 g/mol. The van der Waals surface area contributed by atoms with Gasteiger partial charge in [0.05, 0.1) is 11.6 Å². The van der Waals surface area contributed by atoms with Crippen LogP contribution >= 0.6 is 11.6 Å². The third-order valence-corrected chi connectivity index (χ3v) is 5.21. The Bertz CT molecular complexity index is 559. The molecule has 0 saturated carbocycles. The quantitative estimate of drug-likeness (QED) is 0.766. The van der Waals surface area contributed by atoms with Gasteiger partial charge in [0, 0.05) is 29.9 Å². The van der Waals surface area contributed by atoms with Crippen molar-refractivity contribution < 1.29 is 13.2 Å². The van der Waals surface area contributed by atoms with E-state index >= 15 is 0 Å². The van der Waals surface area contributed by atoms with Gasteiger partial charge in [-0.2, -0.15) is 13.2 Å². The summed E-state index contributed by atoms with van der Waals surface area (Å²) >= 11 is 6.03. The minimum atomic E-state index is -4.15. The lowest BCUT2D eigenvalue weighted by atomic mass is 9.70. The molecule has 6 heteroatoms. The summed E-state index contributed by atoms with van der Waals surface area (Å²) in [7, 11) is 0. The minimum Gasteiger partial charge on any atom is -0.289 e. The van der Waals surface area contributed by atoms with E-state index in [9.17, 15) is 13.2 Å². The summed E-state index contributed by atoms with van der Waals surface area (Å²) in [6.45, 7) is 3.13. The molecule has 0 N–H and O–H groups in total. The zero-order valence-electron chi connectivity index (χ0n) is 12.1. The number of nitrogens with zero attached hydrogens (tertiary/aromatic N) is 2. The van der Waals surface area contributed by atoms with Crippen LogP contribution in [0.25, 0.3) is 0 Å². The lowest BCUT2D eigenvalue weighted by molar-refractivity contribution is -0.156. The highest BCUT2D eigenvalue weighted by molar-refractivity contribution is 6.30. The van der Waals surface area contributed by atoms with E-state index in [-0.39, 0.29) is 17.5 Å². The first-order chi connectivity index (χ1) is 10.3. The summed E-state index contributed by atoms with van der Waals surface area (Å²) < 4.78 is 38.3. The normalized spacial score (nSPS) is 32.2. The molecule has 2 nitrogen and oxygen atoms in total. The van der Waals surface area contributed by atoms with Gasteiger partial charge in [-0.15, -0.1) is 6.58 Å². The van der Waals surface area contributed by atoms with Crippen molar-refractivity contribution in [1.29, 1.82) is 0 Å². The molecule has 0 spiro atoms. The summed E-state index contributed by atoms with van der Waals surface area (Å²) in [6, 6.07) is 1.74. The van der Waals surface area contributed by atoms with Gasteiger partial charge < -0.3 is 0 Å². The zero-order chi connectivity index (χ0) is 16.0. The first-order valence-electron chi connectivity index (χ1n) is 7.40. The van der Waals surface area contributed by atoms with Crippen molar-refractivity contribution in [2.75, 3.05) is 6.54 Å². The van der Waals surface area contributed by atoms with Crippen molar-refractivity contribution >= 4 is 11.6 Å². The number of rotatable bonds is 3. The number of alkyl halides is 3. The second-order valence-corrected chi connectivity index (χ2v) is 6.77. The molecule has 3 rings (SSSR count). The molecule has 120 valence electrons. The molecule has 2 aliphatic rings. The molecule has 3 heterocycles. The van der Waals surface area contributed by atoms with E-state index < -0.39 is 12.7 Å². The predicted molar refractivity (Wildman–Crippen MR) is 79.9 cm³/mol. The van der Waals surface area contributed by atoms with Crippen LogP contribution in [0, 0.1) is 0 Å². The Morgan fingerprint density at radius 1 is 1.32 bits per heavy atom. The molecule has 2 aliphatic heterocycles. The smallest absolute Gasteiger partial charge is 0.289 e. The number of fused-ring (bicyclic) bond motifs is 2. The monoisotopic (exact) mass is 330 g/mol. The fraction of sp³-hybridized carbons (Fsp3) is 0.562. The van der Waals surface area contributed by atoms with Crippen LogP contribution in [0.4, 0.5) is 13.2 Å².